The highest BCUT2D eigenvalue weighted by Crippen LogP contribution is 2.30. The molecule has 0 atom stereocenters. The van der Waals surface area contributed by atoms with Crippen molar-refractivity contribution in [2.45, 2.75) is 12.6 Å². The summed E-state index contributed by atoms with van der Waals surface area (Å²) in [7, 11) is 0. The van der Waals surface area contributed by atoms with Crippen LogP contribution in [0.5, 0.6) is 0 Å². The Bertz CT molecular complexity index is 1000. The summed E-state index contributed by atoms with van der Waals surface area (Å²) in [6.45, 7) is 1.56. The first-order chi connectivity index (χ1) is 12.9. The first kappa shape index (κ1) is 17.2. The molecule has 0 bridgehead atoms. The van der Waals surface area contributed by atoms with Crippen LogP contribution < -0.4 is 10.2 Å². The SMILES string of the molecule is O=C1CCN(c2cc(-c3cnn4ccc(C(F)(F)F)nc34)ncn2)CCN1. The summed E-state index contributed by atoms with van der Waals surface area (Å²) in [4.78, 5) is 25.5. The number of nitrogens with one attached hydrogen (secondary N) is 1. The lowest BCUT2D eigenvalue weighted by Crippen LogP contribution is -2.29. The quantitative estimate of drug-likeness (QED) is 0.729. The number of halogens is 3. The van der Waals surface area contributed by atoms with Crippen molar-refractivity contribution in [1.29, 1.82) is 0 Å². The van der Waals surface area contributed by atoms with Crippen molar-refractivity contribution < 1.29 is 18.0 Å². The van der Waals surface area contributed by atoms with Crippen LogP contribution in [0.25, 0.3) is 16.9 Å². The van der Waals surface area contributed by atoms with Crippen molar-refractivity contribution in [2.75, 3.05) is 24.5 Å². The van der Waals surface area contributed by atoms with E-state index < -0.39 is 11.9 Å². The molecule has 1 aliphatic heterocycles. The number of fused-ring (bicyclic) bond motifs is 1. The maximum Gasteiger partial charge on any atom is 0.433 e. The number of anilines is 1. The van der Waals surface area contributed by atoms with Crippen LogP contribution in [0.2, 0.25) is 0 Å². The standard InChI is InChI=1S/C16H14F3N7O/c17-16(18,19)12-1-5-26-15(24-12)10(8-23-26)11-7-13(22-9-21-11)25-4-2-14(27)20-3-6-25/h1,5,7-9H,2-4,6H2,(H,20,27). The van der Waals surface area contributed by atoms with Crippen molar-refractivity contribution in [1.82, 2.24) is 29.9 Å². The molecule has 27 heavy (non-hydrogen) atoms. The van der Waals surface area contributed by atoms with Gasteiger partial charge < -0.3 is 10.2 Å². The summed E-state index contributed by atoms with van der Waals surface area (Å²) in [5.74, 6) is 0.557. The number of alkyl halides is 3. The van der Waals surface area contributed by atoms with Gasteiger partial charge in [0, 0.05) is 38.3 Å². The molecular formula is C16H14F3N7O. The molecule has 1 N–H and O–H groups in total. The number of aromatic nitrogens is 5. The van der Waals surface area contributed by atoms with Crippen LogP contribution in [-0.4, -0.2) is 50.1 Å². The molecule has 1 aliphatic rings. The molecule has 0 saturated carbocycles. The van der Waals surface area contributed by atoms with E-state index in [1.165, 1.54) is 23.2 Å². The number of rotatable bonds is 2. The third-order valence-corrected chi connectivity index (χ3v) is 4.22. The van der Waals surface area contributed by atoms with Gasteiger partial charge >= 0.3 is 6.18 Å². The van der Waals surface area contributed by atoms with Gasteiger partial charge in [-0.3, -0.25) is 4.79 Å². The zero-order valence-corrected chi connectivity index (χ0v) is 13.9. The Hall–Kier alpha value is -3.24. The van der Waals surface area contributed by atoms with Gasteiger partial charge in [0.2, 0.25) is 5.91 Å². The van der Waals surface area contributed by atoms with Crippen LogP contribution in [0.3, 0.4) is 0 Å². The van der Waals surface area contributed by atoms with Gasteiger partial charge in [-0.15, -0.1) is 0 Å². The average Bonchev–Trinajstić information content (AvgIpc) is 2.95. The molecule has 1 fully saturated rings. The molecular weight excluding hydrogens is 363 g/mol. The summed E-state index contributed by atoms with van der Waals surface area (Å²) < 4.78 is 40.2. The fourth-order valence-electron chi connectivity index (χ4n) is 2.87. The second kappa shape index (κ2) is 6.49. The van der Waals surface area contributed by atoms with E-state index in [1.807, 2.05) is 4.90 Å². The maximum atomic E-state index is 13.0. The minimum Gasteiger partial charge on any atom is -0.354 e. The Morgan fingerprint density at radius 1 is 1.19 bits per heavy atom. The van der Waals surface area contributed by atoms with E-state index in [2.05, 4.69) is 25.4 Å². The molecule has 0 spiro atoms. The topological polar surface area (TPSA) is 88.3 Å². The molecule has 0 radical (unpaired) electrons. The van der Waals surface area contributed by atoms with Gasteiger partial charge in [0.25, 0.3) is 0 Å². The zero-order valence-electron chi connectivity index (χ0n) is 13.9. The molecule has 140 valence electrons. The second-order valence-corrected chi connectivity index (χ2v) is 5.99. The predicted molar refractivity (Wildman–Crippen MR) is 88.9 cm³/mol. The third-order valence-electron chi connectivity index (χ3n) is 4.22. The fraction of sp³-hybridized carbons (Fsp3) is 0.312. The number of hydrogen-bond acceptors (Lipinski definition) is 6. The third kappa shape index (κ3) is 3.39. The number of carbonyl (C=O) groups excluding carboxylic acids is 1. The lowest BCUT2D eigenvalue weighted by atomic mass is 10.2. The average molecular weight is 377 g/mol. The zero-order chi connectivity index (χ0) is 19.0. The van der Waals surface area contributed by atoms with E-state index in [9.17, 15) is 18.0 Å². The molecule has 0 unspecified atom stereocenters. The second-order valence-electron chi connectivity index (χ2n) is 5.99. The van der Waals surface area contributed by atoms with Crippen LogP contribution >= 0.6 is 0 Å². The highest BCUT2D eigenvalue weighted by molar-refractivity contribution is 5.78. The van der Waals surface area contributed by atoms with Crippen molar-refractivity contribution in [3.63, 3.8) is 0 Å². The molecule has 3 aromatic rings. The van der Waals surface area contributed by atoms with Crippen LogP contribution in [0.4, 0.5) is 19.0 Å². The summed E-state index contributed by atoms with van der Waals surface area (Å²) in [5, 5.41) is 6.82. The lowest BCUT2D eigenvalue weighted by molar-refractivity contribution is -0.141. The Morgan fingerprint density at radius 2 is 2.04 bits per heavy atom. The van der Waals surface area contributed by atoms with Crippen LogP contribution in [0, 0.1) is 0 Å². The lowest BCUT2D eigenvalue weighted by Gasteiger charge is -2.20. The van der Waals surface area contributed by atoms with Crippen LogP contribution in [0.15, 0.2) is 30.9 Å². The normalized spacial score (nSPS) is 15.7. The Labute approximate surface area is 151 Å². The smallest absolute Gasteiger partial charge is 0.354 e. The van der Waals surface area contributed by atoms with E-state index in [0.717, 1.165) is 6.07 Å². The minimum absolute atomic E-state index is 0.0294. The largest absolute Gasteiger partial charge is 0.433 e. The van der Waals surface area contributed by atoms with Gasteiger partial charge in [0.05, 0.1) is 17.5 Å². The highest BCUT2D eigenvalue weighted by Gasteiger charge is 2.33. The van der Waals surface area contributed by atoms with Gasteiger partial charge in [-0.25, -0.2) is 19.5 Å². The van der Waals surface area contributed by atoms with E-state index in [0.29, 0.717) is 43.1 Å². The van der Waals surface area contributed by atoms with Crippen molar-refractivity contribution >= 4 is 17.4 Å². The Morgan fingerprint density at radius 3 is 2.85 bits per heavy atom. The van der Waals surface area contributed by atoms with E-state index in [-0.39, 0.29) is 11.6 Å². The minimum atomic E-state index is -4.55. The summed E-state index contributed by atoms with van der Waals surface area (Å²) >= 11 is 0. The Balaban J connectivity index is 1.72. The van der Waals surface area contributed by atoms with Gasteiger partial charge in [-0.05, 0) is 6.07 Å². The van der Waals surface area contributed by atoms with Gasteiger partial charge in [-0.1, -0.05) is 0 Å². The van der Waals surface area contributed by atoms with Gasteiger partial charge in [0.15, 0.2) is 5.65 Å². The molecule has 11 heteroatoms. The number of nitrogens with zero attached hydrogens (tertiary/aromatic N) is 6. The summed E-state index contributed by atoms with van der Waals surface area (Å²) in [6, 6.07) is 2.53. The Kier molecular flexibility index (Phi) is 4.13. The maximum absolute atomic E-state index is 13.0. The van der Waals surface area contributed by atoms with Crippen molar-refractivity contribution in [2.24, 2.45) is 0 Å². The molecule has 4 heterocycles. The molecule has 8 nitrogen and oxygen atoms in total. The first-order valence-corrected chi connectivity index (χ1v) is 8.17. The van der Waals surface area contributed by atoms with Crippen molar-refractivity contribution in [3.8, 4) is 11.3 Å². The number of carbonyl (C=O) groups is 1. The summed E-state index contributed by atoms with van der Waals surface area (Å²) in [6.07, 6.45) is -0.245. The summed E-state index contributed by atoms with van der Waals surface area (Å²) in [5.41, 5.74) is -0.163. The molecule has 0 aromatic carbocycles. The van der Waals surface area contributed by atoms with Crippen LogP contribution in [0.1, 0.15) is 12.1 Å². The molecule has 1 saturated heterocycles. The van der Waals surface area contributed by atoms with Gasteiger partial charge in [0.1, 0.15) is 17.8 Å². The molecule has 4 rings (SSSR count). The monoisotopic (exact) mass is 377 g/mol. The number of amides is 1. The van der Waals surface area contributed by atoms with Crippen LogP contribution in [-0.2, 0) is 11.0 Å². The van der Waals surface area contributed by atoms with Crippen molar-refractivity contribution in [3.05, 3.63) is 36.5 Å². The molecule has 1 amide bonds. The highest BCUT2D eigenvalue weighted by atomic mass is 19.4. The first-order valence-electron chi connectivity index (χ1n) is 8.17. The van der Waals surface area contributed by atoms with Gasteiger partial charge in [-0.2, -0.15) is 18.3 Å². The van der Waals surface area contributed by atoms with E-state index in [4.69, 9.17) is 0 Å². The molecule has 3 aromatic heterocycles. The van der Waals surface area contributed by atoms with E-state index >= 15 is 0 Å². The molecule has 0 aliphatic carbocycles. The fourth-order valence-corrected chi connectivity index (χ4v) is 2.87. The number of hydrogen-bond donors (Lipinski definition) is 1. The van der Waals surface area contributed by atoms with E-state index in [1.54, 1.807) is 6.07 Å². The predicted octanol–water partition coefficient (Wildman–Crippen LogP) is 1.53.